The minimum Gasteiger partial charge on any atom is -0.467 e. The topological polar surface area (TPSA) is 38.7 Å². The minimum absolute atomic E-state index is 0.352. The second-order valence-corrected chi connectivity index (χ2v) is 8.55. The highest BCUT2D eigenvalue weighted by molar-refractivity contribution is 9.10. The summed E-state index contributed by atoms with van der Waals surface area (Å²) < 4.78 is 6.18. The SMILES string of the molecule is COC(=O)C(C)(Cc1scc(C)c1Br)N=C(c1ccccc1)c1ccccc1. The van der Waals surface area contributed by atoms with Crippen molar-refractivity contribution in [2.45, 2.75) is 25.8 Å². The zero-order valence-electron chi connectivity index (χ0n) is 16.1. The molecule has 0 amide bonds. The zero-order valence-corrected chi connectivity index (χ0v) is 18.5. The van der Waals surface area contributed by atoms with Crippen LogP contribution in [0.2, 0.25) is 0 Å². The minimum atomic E-state index is -1.05. The van der Waals surface area contributed by atoms with Crippen LogP contribution < -0.4 is 0 Å². The smallest absolute Gasteiger partial charge is 0.333 e. The van der Waals surface area contributed by atoms with Crippen LogP contribution in [0, 0.1) is 6.92 Å². The molecule has 0 bridgehead atoms. The van der Waals surface area contributed by atoms with Gasteiger partial charge in [0.25, 0.3) is 0 Å². The van der Waals surface area contributed by atoms with Crippen LogP contribution in [0.3, 0.4) is 0 Å². The highest BCUT2D eigenvalue weighted by Crippen LogP contribution is 2.33. The molecule has 0 saturated heterocycles. The standard InChI is InChI=1S/C23H22BrNO2S/c1-16-15-28-19(20(16)24)14-23(2,22(26)27-3)25-21(17-10-6-4-7-11-17)18-12-8-5-9-13-18/h4-13,15H,14H2,1-3H3. The fraction of sp³-hybridized carbons (Fsp3) is 0.217. The molecule has 0 N–H and O–H groups in total. The van der Waals surface area contributed by atoms with Gasteiger partial charge in [-0.15, -0.1) is 11.3 Å². The molecule has 3 aromatic rings. The van der Waals surface area contributed by atoms with E-state index in [0.717, 1.165) is 31.8 Å². The number of nitrogens with zero attached hydrogens (tertiary/aromatic N) is 1. The number of methoxy groups -OCH3 is 1. The lowest BCUT2D eigenvalue weighted by Gasteiger charge is -2.24. The van der Waals surface area contributed by atoms with Gasteiger partial charge in [0.05, 0.1) is 12.8 Å². The maximum Gasteiger partial charge on any atom is 0.333 e. The van der Waals surface area contributed by atoms with Crippen molar-refractivity contribution in [1.29, 1.82) is 0 Å². The summed E-state index contributed by atoms with van der Waals surface area (Å²) in [6.45, 7) is 3.88. The quantitative estimate of drug-likeness (QED) is 0.346. The first-order valence-electron chi connectivity index (χ1n) is 8.96. The van der Waals surface area contributed by atoms with Crippen LogP contribution in [0.15, 0.2) is 75.5 Å². The fourth-order valence-corrected chi connectivity index (χ4v) is 4.78. The van der Waals surface area contributed by atoms with E-state index in [4.69, 9.17) is 9.73 Å². The number of hydrogen-bond acceptors (Lipinski definition) is 4. The van der Waals surface area contributed by atoms with Crippen molar-refractivity contribution in [2.24, 2.45) is 4.99 Å². The number of aliphatic imine (C=N–C) groups is 1. The van der Waals surface area contributed by atoms with Crippen LogP contribution in [0.4, 0.5) is 0 Å². The third-order valence-corrected chi connectivity index (χ3v) is 7.02. The van der Waals surface area contributed by atoms with Crippen LogP contribution in [0.25, 0.3) is 0 Å². The molecule has 0 aliphatic carbocycles. The Labute approximate surface area is 178 Å². The molecule has 0 aliphatic heterocycles. The summed E-state index contributed by atoms with van der Waals surface area (Å²) >= 11 is 5.27. The number of carbonyl (C=O) groups is 1. The zero-order chi connectivity index (χ0) is 20.1. The van der Waals surface area contributed by atoms with Crippen molar-refractivity contribution >= 4 is 38.9 Å². The van der Waals surface area contributed by atoms with Gasteiger partial charge in [-0.1, -0.05) is 60.7 Å². The highest BCUT2D eigenvalue weighted by atomic mass is 79.9. The first kappa shape index (κ1) is 20.5. The monoisotopic (exact) mass is 455 g/mol. The Bertz CT molecular complexity index is 941. The maximum absolute atomic E-state index is 12.8. The van der Waals surface area contributed by atoms with Crippen molar-refractivity contribution in [3.05, 3.63) is 92.1 Å². The Morgan fingerprint density at radius 1 is 1.07 bits per heavy atom. The van der Waals surface area contributed by atoms with Crippen molar-refractivity contribution in [1.82, 2.24) is 0 Å². The van der Waals surface area contributed by atoms with E-state index in [9.17, 15) is 4.79 Å². The summed E-state index contributed by atoms with van der Waals surface area (Å²) in [5.74, 6) is -0.352. The molecule has 3 nitrogen and oxygen atoms in total. The highest BCUT2D eigenvalue weighted by Gasteiger charge is 2.36. The number of ether oxygens (including phenoxy) is 1. The van der Waals surface area contributed by atoms with Gasteiger partial charge in [-0.3, -0.25) is 4.99 Å². The number of benzene rings is 2. The average Bonchev–Trinajstić information content (AvgIpc) is 3.04. The van der Waals surface area contributed by atoms with Gasteiger partial charge in [0.1, 0.15) is 0 Å². The molecule has 144 valence electrons. The van der Waals surface area contributed by atoms with E-state index in [2.05, 4.69) is 21.3 Å². The molecule has 1 aromatic heterocycles. The number of thiophene rings is 1. The summed E-state index contributed by atoms with van der Waals surface area (Å²) in [7, 11) is 1.41. The van der Waals surface area contributed by atoms with Crippen LogP contribution >= 0.6 is 27.3 Å². The van der Waals surface area contributed by atoms with E-state index in [1.54, 1.807) is 11.3 Å². The normalized spacial score (nSPS) is 12.9. The first-order valence-corrected chi connectivity index (χ1v) is 10.6. The molecule has 0 aliphatic rings. The van der Waals surface area contributed by atoms with Crippen LogP contribution in [-0.2, 0) is 16.0 Å². The maximum atomic E-state index is 12.8. The number of halogens is 1. The van der Waals surface area contributed by atoms with Gasteiger partial charge in [0, 0.05) is 26.9 Å². The molecule has 0 saturated carbocycles. The van der Waals surface area contributed by atoms with E-state index < -0.39 is 5.54 Å². The van der Waals surface area contributed by atoms with Crippen molar-refractivity contribution in [2.75, 3.05) is 7.11 Å². The number of hydrogen-bond donors (Lipinski definition) is 0. The Morgan fingerprint density at radius 2 is 1.61 bits per heavy atom. The average molecular weight is 456 g/mol. The third-order valence-electron chi connectivity index (χ3n) is 4.55. The lowest BCUT2D eigenvalue weighted by Crippen LogP contribution is -2.38. The van der Waals surface area contributed by atoms with Gasteiger partial charge >= 0.3 is 5.97 Å². The van der Waals surface area contributed by atoms with Gasteiger partial charge in [-0.25, -0.2) is 4.79 Å². The number of carbonyl (C=O) groups excluding carboxylic acids is 1. The second-order valence-electron chi connectivity index (χ2n) is 6.79. The Morgan fingerprint density at radius 3 is 2.04 bits per heavy atom. The van der Waals surface area contributed by atoms with Gasteiger partial charge < -0.3 is 4.74 Å². The van der Waals surface area contributed by atoms with Gasteiger partial charge in [0.2, 0.25) is 0 Å². The molecule has 1 unspecified atom stereocenters. The molecule has 28 heavy (non-hydrogen) atoms. The van der Waals surface area contributed by atoms with Crippen LogP contribution in [0.1, 0.15) is 28.5 Å². The Balaban J connectivity index is 2.14. The summed E-state index contributed by atoms with van der Waals surface area (Å²) in [4.78, 5) is 18.9. The van der Waals surface area contributed by atoms with Gasteiger partial charge in [-0.2, -0.15) is 0 Å². The molecule has 0 fully saturated rings. The van der Waals surface area contributed by atoms with Crippen LogP contribution in [0.5, 0.6) is 0 Å². The number of rotatable bonds is 6. The number of esters is 1. The Kier molecular flexibility index (Phi) is 6.47. The number of aryl methyl sites for hydroxylation is 1. The second kappa shape index (κ2) is 8.84. The molecule has 0 radical (unpaired) electrons. The van der Waals surface area contributed by atoms with E-state index >= 15 is 0 Å². The summed E-state index contributed by atoms with van der Waals surface area (Å²) in [6.07, 6.45) is 0.460. The van der Waals surface area contributed by atoms with E-state index in [1.807, 2.05) is 74.5 Å². The first-order chi connectivity index (χ1) is 13.4. The predicted molar refractivity (Wildman–Crippen MR) is 119 cm³/mol. The molecule has 3 rings (SSSR count). The molecular weight excluding hydrogens is 434 g/mol. The molecule has 1 atom stereocenters. The van der Waals surface area contributed by atoms with E-state index in [-0.39, 0.29) is 5.97 Å². The summed E-state index contributed by atoms with van der Waals surface area (Å²) in [6, 6.07) is 19.9. The lowest BCUT2D eigenvalue weighted by molar-refractivity contribution is -0.146. The molecule has 0 spiro atoms. The van der Waals surface area contributed by atoms with Gasteiger partial charge in [0.15, 0.2) is 5.54 Å². The summed E-state index contributed by atoms with van der Waals surface area (Å²) in [5.41, 5.74) is 2.81. The Hall–Kier alpha value is -2.24. The lowest BCUT2D eigenvalue weighted by atomic mass is 9.94. The summed E-state index contributed by atoms with van der Waals surface area (Å²) in [5, 5.41) is 2.08. The van der Waals surface area contributed by atoms with Gasteiger partial charge in [-0.05, 0) is 40.7 Å². The largest absolute Gasteiger partial charge is 0.467 e. The van der Waals surface area contributed by atoms with Crippen molar-refractivity contribution < 1.29 is 9.53 Å². The predicted octanol–water partition coefficient (Wildman–Crippen LogP) is 5.83. The van der Waals surface area contributed by atoms with Crippen molar-refractivity contribution in [3.8, 4) is 0 Å². The van der Waals surface area contributed by atoms with Crippen molar-refractivity contribution in [3.63, 3.8) is 0 Å². The molecule has 5 heteroatoms. The van der Waals surface area contributed by atoms with Crippen LogP contribution in [-0.4, -0.2) is 24.3 Å². The molecular formula is C23H22BrNO2S. The third kappa shape index (κ3) is 4.42. The molecule has 1 heterocycles. The van der Waals surface area contributed by atoms with E-state index in [0.29, 0.717) is 6.42 Å². The van der Waals surface area contributed by atoms with E-state index in [1.165, 1.54) is 7.11 Å². The fourth-order valence-electron chi connectivity index (χ4n) is 3.03. The molecule has 2 aromatic carbocycles.